The first-order valence-corrected chi connectivity index (χ1v) is 9.58. The van der Waals surface area contributed by atoms with Gasteiger partial charge in [-0.1, -0.05) is 6.92 Å². The maximum Gasteiger partial charge on any atom is 0.193 e. The van der Waals surface area contributed by atoms with Crippen LogP contribution in [0.2, 0.25) is 0 Å². The maximum atomic E-state index is 5.65. The van der Waals surface area contributed by atoms with Crippen LogP contribution in [0.15, 0.2) is 4.99 Å². The molecule has 3 heterocycles. The van der Waals surface area contributed by atoms with Gasteiger partial charge in [0.05, 0.1) is 6.61 Å². The zero-order valence-electron chi connectivity index (χ0n) is 15.4. The number of halogens is 1. The Bertz CT molecular complexity index is 412. The predicted molar refractivity (Wildman–Crippen MR) is 110 cm³/mol. The summed E-state index contributed by atoms with van der Waals surface area (Å²) < 4.78 is 5.65. The lowest BCUT2D eigenvalue weighted by molar-refractivity contribution is 0.156. The minimum absolute atomic E-state index is 0. The highest BCUT2D eigenvalue weighted by molar-refractivity contribution is 14.0. The Morgan fingerprint density at radius 1 is 1.29 bits per heavy atom. The quantitative estimate of drug-likeness (QED) is 0.397. The largest absolute Gasteiger partial charge is 0.381 e. The first-order chi connectivity index (χ1) is 11.2. The second kappa shape index (κ2) is 9.57. The Balaban J connectivity index is 0.00000208. The van der Waals surface area contributed by atoms with Gasteiger partial charge in [-0.05, 0) is 51.6 Å². The number of nitrogens with zero attached hydrogens (tertiary/aromatic N) is 3. The van der Waals surface area contributed by atoms with Crippen LogP contribution in [0.5, 0.6) is 0 Å². The van der Waals surface area contributed by atoms with Crippen LogP contribution in [0.25, 0.3) is 0 Å². The topological polar surface area (TPSA) is 40.1 Å². The molecule has 2 unspecified atom stereocenters. The van der Waals surface area contributed by atoms with E-state index in [1.807, 2.05) is 0 Å². The van der Waals surface area contributed by atoms with E-state index in [0.29, 0.717) is 5.41 Å². The number of ether oxygens (including phenoxy) is 1. The first kappa shape index (κ1) is 20.2. The fourth-order valence-corrected chi connectivity index (χ4v) is 4.31. The SMILES string of the molecule is CCCN1CCC(CN=C(NCC)N2CCC3(CCOC3)C2)C1.I. The van der Waals surface area contributed by atoms with Gasteiger partial charge in [0.25, 0.3) is 0 Å². The molecule has 0 aliphatic carbocycles. The summed E-state index contributed by atoms with van der Waals surface area (Å²) in [5.74, 6) is 1.87. The molecule has 3 rings (SSSR count). The molecule has 3 saturated heterocycles. The molecule has 3 aliphatic rings. The van der Waals surface area contributed by atoms with Gasteiger partial charge in [0, 0.05) is 44.7 Å². The van der Waals surface area contributed by atoms with Crippen molar-refractivity contribution in [2.75, 3.05) is 59.0 Å². The van der Waals surface area contributed by atoms with Crippen LogP contribution in [-0.2, 0) is 4.74 Å². The first-order valence-electron chi connectivity index (χ1n) is 9.58. The zero-order valence-corrected chi connectivity index (χ0v) is 17.8. The molecule has 0 aromatic carbocycles. The molecule has 0 amide bonds. The summed E-state index contributed by atoms with van der Waals surface area (Å²) >= 11 is 0. The zero-order chi connectivity index (χ0) is 16.1. The van der Waals surface area contributed by atoms with E-state index in [0.717, 1.165) is 51.3 Å². The highest BCUT2D eigenvalue weighted by atomic mass is 127. The lowest BCUT2D eigenvalue weighted by Gasteiger charge is -2.25. The van der Waals surface area contributed by atoms with Crippen LogP contribution >= 0.6 is 24.0 Å². The minimum atomic E-state index is 0. The molecule has 1 N–H and O–H groups in total. The number of hydrogen-bond acceptors (Lipinski definition) is 3. The Morgan fingerprint density at radius 3 is 2.88 bits per heavy atom. The van der Waals surface area contributed by atoms with E-state index in [9.17, 15) is 0 Å². The van der Waals surface area contributed by atoms with Crippen LogP contribution in [0.4, 0.5) is 0 Å². The molecule has 24 heavy (non-hydrogen) atoms. The molecule has 0 radical (unpaired) electrons. The van der Waals surface area contributed by atoms with Crippen molar-refractivity contribution < 1.29 is 4.74 Å². The normalized spacial score (nSPS) is 31.0. The standard InChI is InChI=1S/C18H34N4O.HI/c1-3-8-21-9-5-16(13-21)12-20-17(19-4-2)22-10-6-18(14-22)7-11-23-15-18;/h16H,3-15H2,1-2H3,(H,19,20);1H. The highest BCUT2D eigenvalue weighted by Crippen LogP contribution is 2.38. The van der Waals surface area contributed by atoms with Crippen molar-refractivity contribution in [2.24, 2.45) is 16.3 Å². The van der Waals surface area contributed by atoms with Crippen molar-refractivity contribution >= 4 is 29.9 Å². The molecule has 6 heteroatoms. The second-order valence-electron chi connectivity index (χ2n) is 7.62. The van der Waals surface area contributed by atoms with Gasteiger partial charge in [-0.25, -0.2) is 0 Å². The van der Waals surface area contributed by atoms with Crippen LogP contribution < -0.4 is 5.32 Å². The fraction of sp³-hybridized carbons (Fsp3) is 0.944. The van der Waals surface area contributed by atoms with Crippen molar-refractivity contribution in [3.63, 3.8) is 0 Å². The van der Waals surface area contributed by atoms with Gasteiger partial charge < -0.3 is 19.9 Å². The highest BCUT2D eigenvalue weighted by Gasteiger charge is 2.42. The molecule has 5 nitrogen and oxygen atoms in total. The van der Waals surface area contributed by atoms with Crippen molar-refractivity contribution in [1.82, 2.24) is 15.1 Å². The van der Waals surface area contributed by atoms with Gasteiger partial charge in [-0.15, -0.1) is 24.0 Å². The number of aliphatic imine (C=N–C) groups is 1. The number of nitrogens with one attached hydrogen (secondary N) is 1. The molecule has 1 spiro atoms. The van der Waals surface area contributed by atoms with E-state index in [-0.39, 0.29) is 24.0 Å². The Kier molecular flexibility index (Phi) is 8.07. The third-order valence-corrected chi connectivity index (χ3v) is 5.67. The number of guanidine groups is 1. The summed E-state index contributed by atoms with van der Waals surface area (Å²) in [7, 11) is 0. The monoisotopic (exact) mass is 450 g/mol. The van der Waals surface area contributed by atoms with Gasteiger partial charge >= 0.3 is 0 Å². The third-order valence-electron chi connectivity index (χ3n) is 5.67. The maximum absolute atomic E-state index is 5.65. The molecule has 0 saturated carbocycles. The fourth-order valence-electron chi connectivity index (χ4n) is 4.31. The smallest absolute Gasteiger partial charge is 0.193 e. The summed E-state index contributed by atoms with van der Waals surface area (Å²) in [4.78, 5) is 10.1. The average molecular weight is 450 g/mol. The molecule has 0 bridgehead atoms. The summed E-state index contributed by atoms with van der Waals surface area (Å²) in [5.41, 5.74) is 0.404. The van der Waals surface area contributed by atoms with Gasteiger partial charge in [-0.3, -0.25) is 4.99 Å². The molecule has 0 aromatic heterocycles. The van der Waals surface area contributed by atoms with E-state index >= 15 is 0 Å². The molecule has 0 aromatic rings. The van der Waals surface area contributed by atoms with E-state index < -0.39 is 0 Å². The van der Waals surface area contributed by atoms with Crippen LogP contribution in [0, 0.1) is 11.3 Å². The predicted octanol–water partition coefficient (Wildman–Crippen LogP) is 2.41. The number of likely N-dealkylation sites (tertiary alicyclic amines) is 2. The van der Waals surface area contributed by atoms with Gasteiger partial charge in [0.15, 0.2) is 5.96 Å². The van der Waals surface area contributed by atoms with Crippen molar-refractivity contribution in [2.45, 2.75) is 39.5 Å². The summed E-state index contributed by atoms with van der Waals surface area (Å²) in [6, 6.07) is 0. The number of rotatable bonds is 5. The minimum Gasteiger partial charge on any atom is -0.381 e. The van der Waals surface area contributed by atoms with Crippen molar-refractivity contribution in [3.8, 4) is 0 Å². The van der Waals surface area contributed by atoms with Crippen LogP contribution in [0.3, 0.4) is 0 Å². The summed E-state index contributed by atoms with van der Waals surface area (Å²) in [5, 5.41) is 3.51. The Labute approximate surface area is 164 Å². The molecule has 3 aliphatic heterocycles. The van der Waals surface area contributed by atoms with Crippen molar-refractivity contribution in [1.29, 1.82) is 0 Å². The third kappa shape index (κ3) is 4.97. The molecular weight excluding hydrogens is 415 g/mol. The summed E-state index contributed by atoms with van der Waals surface area (Å²) in [6.07, 6.45) is 5.04. The Hall–Kier alpha value is -0.0800. The number of hydrogen-bond donors (Lipinski definition) is 1. The van der Waals surface area contributed by atoms with Gasteiger partial charge in [-0.2, -0.15) is 0 Å². The van der Waals surface area contributed by atoms with Crippen LogP contribution in [-0.4, -0.2) is 74.8 Å². The lowest BCUT2D eigenvalue weighted by Crippen LogP contribution is -2.41. The van der Waals surface area contributed by atoms with Crippen LogP contribution in [0.1, 0.15) is 39.5 Å². The van der Waals surface area contributed by atoms with Gasteiger partial charge in [0.2, 0.25) is 0 Å². The average Bonchev–Trinajstić information content (AvgIpc) is 3.28. The molecule has 2 atom stereocenters. The van der Waals surface area contributed by atoms with E-state index in [1.54, 1.807) is 0 Å². The van der Waals surface area contributed by atoms with E-state index in [1.165, 1.54) is 45.3 Å². The Morgan fingerprint density at radius 2 is 2.17 bits per heavy atom. The summed E-state index contributed by atoms with van der Waals surface area (Å²) in [6.45, 7) is 14.2. The molecular formula is C18H35IN4O. The lowest BCUT2D eigenvalue weighted by atomic mass is 9.87. The second-order valence-corrected chi connectivity index (χ2v) is 7.62. The van der Waals surface area contributed by atoms with E-state index in [2.05, 4.69) is 29.0 Å². The van der Waals surface area contributed by atoms with Crippen molar-refractivity contribution in [3.05, 3.63) is 0 Å². The van der Waals surface area contributed by atoms with E-state index in [4.69, 9.17) is 9.73 Å². The molecule has 140 valence electrons. The molecule has 3 fully saturated rings. The van der Waals surface area contributed by atoms with Gasteiger partial charge in [0.1, 0.15) is 0 Å².